The number of para-hydroxylation sites is 1. The fourth-order valence-electron chi connectivity index (χ4n) is 4.61. The van der Waals surface area contributed by atoms with Crippen LogP contribution in [0.2, 0.25) is 0 Å². The molecule has 0 aliphatic carbocycles. The number of aromatic hydroxyl groups is 1. The van der Waals surface area contributed by atoms with Gasteiger partial charge in [0.25, 0.3) is 0 Å². The van der Waals surface area contributed by atoms with E-state index in [4.69, 9.17) is 14.2 Å². The quantitative estimate of drug-likeness (QED) is 0.192. The zero-order chi connectivity index (χ0) is 25.8. The Morgan fingerprint density at radius 1 is 0.946 bits per heavy atom. The summed E-state index contributed by atoms with van der Waals surface area (Å²) < 4.78 is 16.8. The lowest BCUT2D eigenvalue weighted by Crippen LogP contribution is -2.22. The fourth-order valence-corrected chi connectivity index (χ4v) is 4.61. The molecule has 1 aliphatic heterocycles. The van der Waals surface area contributed by atoms with Crippen LogP contribution < -0.4 is 14.2 Å². The van der Waals surface area contributed by atoms with Crippen molar-refractivity contribution in [3.63, 3.8) is 0 Å². The Bertz CT molecular complexity index is 1430. The topological polar surface area (TPSA) is 82.1 Å². The van der Waals surface area contributed by atoms with E-state index in [0.29, 0.717) is 29.9 Å². The Morgan fingerprint density at radius 3 is 2.43 bits per heavy atom. The molecule has 186 valence electrons. The number of phenols is 1. The highest BCUT2D eigenvalue weighted by atomic mass is 16.5. The third-order valence-electron chi connectivity index (χ3n) is 6.50. The van der Waals surface area contributed by atoms with Crippen molar-refractivity contribution in [3.05, 3.63) is 119 Å². The van der Waals surface area contributed by atoms with Crippen molar-refractivity contribution in [2.24, 2.45) is 0 Å². The van der Waals surface area contributed by atoms with Crippen molar-refractivity contribution in [2.75, 3.05) is 13.7 Å². The summed E-state index contributed by atoms with van der Waals surface area (Å²) >= 11 is 0. The Balaban J connectivity index is 1.45. The van der Waals surface area contributed by atoms with Crippen LogP contribution in [0.1, 0.15) is 45.0 Å². The largest absolute Gasteiger partial charge is 0.507 e. The van der Waals surface area contributed by atoms with Gasteiger partial charge in [0.05, 0.1) is 25.7 Å². The Kier molecular flexibility index (Phi) is 6.90. The van der Waals surface area contributed by atoms with Gasteiger partial charge in [-0.05, 0) is 35.9 Å². The summed E-state index contributed by atoms with van der Waals surface area (Å²) in [6.45, 7) is 0.423. The van der Waals surface area contributed by atoms with E-state index in [0.717, 1.165) is 16.9 Å². The number of carbonyl (C=O) groups excluding carboxylic acids is 2. The first-order valence-corrected chi connectivity index (χ1v) is 12.1. The molecule has 37 heavy (non-hydrogen) atoms. The molecule has 0 spiro atoms. The van der Waals surface area contributed by atoms with E-state index in [9.17, 15) is 14.7 Å². The van der Waals surface area contributed by atoms with Gasteiger partial charge in [-0.3, -0.25) is 9.59 Å². The first-order valence-electron chi connectivity index (χ1n) is 12.1. The molecule has 1 aliphatic rings. The monoisotopic (exact) mass is 494 g/mol. The summed E-state index contributed by atoms with van der Waals surface area (Å²) in [5, 5.41) is 11.3. The molecule has 0 saturated heterocycles. The summed E-state index contributed by atoms with van der Waals surface area (Å²) in [6.07, 6.45) is 0.699. The molecular weight excluding hydrogens is 468 g/mol. The number of hydrogen-bond acceptors (Lipinski definition) is 6. The lowest BCUT2D eigenvalue weighted by molar-refractivity contribution is -0.135. The van der Waals surface area contributed by atoms with Crippen LogP contribution in [0.5, 0.6) is 23.0 Å². The van der Waals surface area contributed by atoms with Gasteiger partial charge >= 0.3 is 5.97 Å². The van der Waals surface area contributed by atoms with E-state index in [1.165, 1.54) is 6.07 Å². The highest BCUT2D eigenvalue weighted by Gasteiger charge is 2.34. The highest BCUT2D eigenvalue weighted by molar-refractivity contribution is 6.11. The van der Waals surface area contributed by atoms with Crippen molar-refractivity contribution in [1.82, 2.24) is 0 Å². The molecule has 5 rings (SSSR count). The molecule has 0 radical (unpaired) electrons. The SMILES string of the molecule is COc1ccc(CCOc2ccccc2[C@H]2CC(=O)Oc3ccc(C(=O)c4ccccc4)c(O)c32)cc1. The summed E-state index contributed by atoms with van der Waals surface area (Å²) in [6, 6.07) is 27.1. The van der Waals surface area contributed by atoms with Crippen molar-refractivity contribution in [1.29, 1.82) is 0 Å². The predicted molar refractivity (Wildman–Crippen MR) is 139 cm³/mol. The maximum atomic E-state index is 13.1. The number of hydrogen-bond donors (Lipinski definition) is 1. The Labute approximate surface area is 215 Å². The van der Waals surface area contributed by atoms with Gasteiger partial charge in [0.15, 0.2) is 5.78 Å². The number of ketones is 1. The second kappa shape index (κ2) is 10.6. The molecule has 0 bridgehead atoms. The normalized spacial score (nSPS) is 14.4. The van der Waals surface area contributed by atoms with Gasteiger partial charge in [0, 0.05) is 29.0 Å². The first-order chi connectivity index (χ1) is 18.0. The number of carbonyl (C=O) groups is 2. The van der Waals surface area contributed by atoms with E-state index in [-0.39, 0.29) is 29.3 Å². The molecule has 6 heteroatoms. The number of ether oxygens (including phenoxy) is 3. The number of fused-ring (bicyclic) bond motifs is 1. The van der Waals surface area contributed by atoms with Crippen molar-refractivity contribution in [3.8, 4) is 23.0 Å². The second-order valence-corrected chi connectivity index (χ2v) is 8.78. The van der Waals surface area contributed by atoms with E-state index >= 15 is 0 Å². The fraction of sp³-hybridized carbons (Fsp3) is 0.161. The van der Waals surface area contributed by atoms with Crippen molar-refractivity contribution in [2.45, 2.75) is 18.8 Å². The van der Waals surface area contributed by atoms with Crippen LogP contribution in [0, 0.1) is 0 Å². The van der Waals surface area contributed by atoms with Crippen molar-refractivity contribution >= 4 is 11.8 Å². The van der Waals surface area contributed by atoms with E-state index in [1.54, 1.807) is 37.4 Å². The smallest absolute Gasteiger partial charge is 0.312 e. The van der Waals surface area contributed by atoms with Crippen LogP contribution in [0.4, 0.5) is 0 Å². The van der Waals surface area contributed by atoms with Crippen LogP contribution in [0.25, 0.3) is 0 Å². The standard InChI is InChI=1S/C31H26O6/c1-35-22-13-11-20(12-14-22)17-18-36-26-10-6-5-9-23(26)25-19-28(32)37-27-16-15-24(31(34)29(25)27)30(33)21-7-3-2-4-8-21/h2-16,25,34H,17-19H2,1H3/t25-/m1/s1. The average molecular weight is 495 g/mol. The van der Waals surface area contributed by atoms with Crippen LogP contribution in [0.15, 0.2) is 91.0 Å². The molecule has 1 heterocycles. The van der Waals surface area contributed by atoms with Gasteiger partial charge in [-0.15, -0.1) is 0 Å². The third kappa shape index (κ3) is 5.05. The van der Waals surface area contributed by atoms with Crippen LogP contribution in [-0.2, 0) is 11.2 Å². The van der Waals surface area contributed by atoms with Gasteiger partial charge in [0.2, 0.25) is 0 Å². The minimum absolute atomic E-state index is 0.0163. The van der Waals surface area contributed by atoms with Gasteiger partial charge < -0.3 is 19.3 Å². The molecule has 0 aromatic heterocycles. The minimum atomic E-state index is -0.531. The predicted octanol–water partition coefficient (Wildman–Crippen LogP) is 5.69. The molecule has 0 fully saturated rings. The van der Waals surface area contributed by atoms with Crippen LogP contribution in [0.3, 0.4) is 0 Å². The third-order valence-corrected chi connectivity index (χ3v) is 6.50. The molecule has 4 aromatic carbocycles. The van der Waals surface area contributed by atoms with E-state index < -0.39 is 11.9 Å². The van der Waals surface area contributed by atoms with Gasteiger partial charge in [0.1, 0.15) is 23.0 Å². The number of phenolic OH excluding ortho intramolecular Hbond substituents is 1. The van der Waals surface area contributed by atoms with Gasteiger partial charge in [-0.25, -0.2) is 0 Å². The van der Waals surface area contributed by atoms with Gasteiger partial charge in [-0.1, -0.05) is 60.7 Å². The molecule has 4 aromatic rings. The van der Waals surface area contributed by atoms with Crippen LogP contribution >= 0.6 is 0 Å². The van der Waals surface area contributed by atoms with E-state index in [1.807, 2.05) is 54.6 Å². The number of methoxy groups -OCH3 is 1. The Hall–Kier alpha value is -4.58. The maximum Gasteiger partial charge on any atom is 0.312 e. The molecule has 6 nitrogen and oxygen atoms in total. The lowest BCUT2D eigenvalue weighted by Gasteiger charge is -2.27. The summed E-state index contributed by atoms with van der Waals surface area (Å²) in [7, 11) is 1.63. The Morgan fingerprint density at radius 2 is 1.68 bits per heavy atom. The zero-order valence-electron chi connectivity index (χ0n) is 20.3. The summed E-state index contributed by atoms with van der Waals surface area (Å²) in [5.41, 5.74) is 2.88. The lowest BCUT2D eigenvalue weighted by atomic mass is 9.83. The molecular formula is C31H26O6. The molecule has 1 N–H and O–H groups in total. The second-order valence-electron chi connectivity index (χ2n) is 8.78. The highest BCUT2D eigenvalue weighted by Crippen LogP contribution is 2.47. The van der Waals surface area contributed by atoms with Gasteiger partial charge in [-0.2, -0.15) is 0 Å². The maximum absolute atomic E-state index is 13.1. The van der Waals surface area contributed by atoms with E-state index in [2.05, 4.69) is 0 Å². The number of rotatable bonds is 8. The molecule has 1 atom stereocenters. The average Bonchev–Trinajstić information content (AvgIpc) is 2.93. The van der Waals surface area contributed by atoms with Crippen LogP contribution in [-0.4, -0.2) is 30.6 Å². The molecule has 0 unspecified atom stereocenters. The number of benzene rings is 4. The zero-order valence-corrected chi connectivity index (χ0v) is 20.3. The van der Waals surface area contributed by atoms with Crippen molar-refractivity contribution < 1.29 is 28.9 Å². The summed E-state index contributed by atoms with van der Waals surface area (Å²) in [4.78, 5) is 25.6. The number of esters is 1. The minimum Gasteiger partial charge on any atom is -0.507 e. The first kappa shape index (κ1) is 24.1. The molecule has 0 amide bonds. The summed E-state index contributed by atoms with van der Waals surface area (Å²) in [5.74, 6) is 0.224. The molecule has 0 saturated carbocycles.